The number of hydrogen-bond donors (Lipinski definition) is 1. The first-order valence-electron chi connectivity index (χ1n) is 7.05. The number of rotatable bonds is 6. The summed E-state index contributed by atoms with van der Waals surface area (Å²) in [6.45, 7) is 6.04. The molecule has 1 N–H and O–H groups in total. The molecule has 0 spiro atoms. The van der Waals surface area contributed by atoms with Crippen LogP contribution in [-0.4, -0.2) is 35.8 Å². The van der Waals surface area contributed by atoms with E-state index >= 15 is 0 Å². The van der Waals surface area contributed by atoms with E-state index in [1.54, 1.807) is 24.3 Å². The van der Waals surface area contributed by atoms with E-state index in [1.807, 2.05) is 20.8 Å². The third-order valence-corrected chi connectivity index (χ3v) is 3.42. The first-order chi connectivity index (χ1) is 10.3. The van der Waals surface area contributed by atoms with Crippen molar-refractivity contribution in [2.24, 2.45) is 0 Å². The molecule has 0 heterocycles. The van der Waals surface area contributed by atoms with E-state index in [4.69, 9.17) is 23.2 Å². The smallest absolute Gasteiger partial charge is 0.247 e. The molecule has 6 heteroatoms. The molecule has 0 bridgehead atoms. The number of carbonyl (C=O) groups excluding carboxylic acids is 2. The van der Waals surface area contributed by atoms with E-state index in [9.17, 15) is 9.59 Å². The Labute approximate surface area is 141 Å². The van der Waals surface area contributed by atoms with Gasteiger partial charge in [-0.2, -0.15) is 0 Å². The van der Waals surface area contributed by atoms with Crippen LogP contribution in [0, 0.1) is 0 Å². The maximum Gasteiger partial charge on any atom is 0.247 e. The average Bonchev–Trinajstić information content (AvgIpc) is 2.44. The highest BCUT2D eigenvalue weighted by atomic mass is 35.5. The molecule has 0 fully saturated rings. The second kappa shape index (κ2) is 8.81. The van der Waals surface area contributed by atoms with Gasteiger partial charge in [0.15, 0.2) is 0 Å². The second-order valence-corrected chi connectivity index (χ2v) is 5.92. The third-order valence-electron chi connectivity index (χ3n) is 2.84. The average molecular weight is 343 g/mol. The Morgan fingerprint density at radius 3 is 2.59 bits per heavy atom. The molecule has 0 aromatic heterocycles. The molecular formula is C16H20Cl2N2O2. The highest BCUT2D eigenvalue weighted by Crippen LogP contribution is 2.21. The zero-order valence-electron chi connectivity index (χ0n) is 12.9. The maximum absolute atomic E-state index is 12.1. The lowest BCUT2D eigenvalue weighted by molar-refractivity contribution is -0.132. The number of likely N-dealkylation sites (N-methyl/N-ethyl adjacent to an activating group) is 1. The van der Waals surface area contributed by atoms with Crippen LogP contribution in [0.5, 0.6) is 0 Å². The number of nitrogens with one attached hydrogen (secondary N) is 1. The quantitative estimate of drug-likeness (QED) is 0.805. The van der Waals surface area contributed by atoms with Gasteiger partial charge < -0.3 is 10.2 Å². The second-order valence-electron chi connectivity index (χ2n) is 5.07. The van der Waals surface area contributed by atoms with Crippen molar-refractivity contribution in [2.45, 2.75) is 26.8 Å². The number of halogens is 2. The van der Waals surface area contributed by atoms with E-state index in [0.29, 0.717) is 22.2 Å². The lowest BCUT2D eigenvalue weighted by atomic mass is 10.2. The fraction of sp³-hybridized carbons (Fsp3) is 0.375. The van der Waals surface area contributed by atoms with Gasteiger partial charge in [-0.3, -0.25) is 9.59 Å². The molecular weight excluding hydrogens is 323 g/mol. The van der Waals surface area contributed by atoms with E-state index in [-0.39, 0.29) is 24.4 Å². The van der Waals surface area contributed by atoms with E-state index in [1.165, 1.54) is 11.0 Å². The number of nitrogens with zero attached hydrogens (tertiary/aromatic N) is 1. The Morgan fingerprint density at radius 1 is 1.32 bits per heavy atom. The summed E-state index contributed by atoms with van der Waals surface area (Å²) in [5, 5.41) is 3.81. The van der Waals surface area contributed by atoms with Gasteiger partial charge in [0.25, 0.3) is 0 Å². The minimum atomic E-state index is -0.252. The summed E-state index contributed by atoms with van der Waals surface area (Å²) < 4.78 is 0. The van der Waals surface area contributed by atoms with Gasteiger partial charge in [0, 0.05) is 28.7 Å². The molecule has 1 rings (SSSR count). The Kier molecular flexibility index (Phi) is 7.42. The lowest BCUT2D eigenvalue weighted by Crippen LogP contribution is -2.42. The van der Waals surface area contributed by atoms with Crippen molar-refractivity contribution in [3.05, 3.63) is 39.9 Å². The molecule has 120 valence electrons. The van der Waals surface area contributed by atoms with Crippen LogP contribution in [-0.2, 0) is 9.59 Å². The standard InChI is InChI=1S/C16H20Cl2N2O2/c1-4-20(10-15(21)19-11(2)3)16(22)8-5-12-9-13(17)6-7-14(12)18/h5-9,11H,4,10H2,1-3H3,(H,19,21)/b8-5+. The van der Waals surface area contributed by atoms with Gasteiger partial charge in [-0.15, -0.1) is 0 Å². The zero-order chi connectivity index (χ0) is 16.7. The molecule has 4 nitrogen and oxygen atoms in total. The Hall–Kier alpha value is -1.52. The normalized spacial score (nSPS) is 11.0. The maximum atomic E-state index is 12.1. The van der Waals surface area contributed by atoms with Gasteiger partial charge in [-0.05, 0) is 50.6 Å². The first kappa shape index (κ1) is 18.5. The van der Waals surface area contributed by atoms with Crippen LogP contribution in [0.4, 0.5) is 0 Å². The van der Waals surface area contributed by atoms with E-state index in [0.717, 1.165) is 0 Å². The van der Waals surface area contributed by atoms with Crippen LogP contribution in [0.2, 0.25) is 10.0 Å². The third kappa shape index (κ3) is 6.08. The van der Waals surface area contributed by atoms with Crippen molar-refractivity contribution >= 4 is 41.1 Å². The van der Waals surface area contributed by atoms with Crippen molar-refractivity contribution < 1.29 is 9.59 Å². The van der Waals surface area contributed by atoms with Crippen molar-refractivity contribution in [1.82, 2.24) is 10.2 Å². The lowest BCUT2D eigenvalue weighted by Gasteiger charge is -2.19. The molecule has 0 aliphatic heterocycles. The molecule has 0 aliphatic rings. The van der Waals surface area contributed by atoms with Gasteiger partial charge in [-0.1, -0.05) is 23.2 Å². The monoisotopic (exact) mass is 342 g/mol. The number of benzene rings is 1. The van der Waals surface area contributed by atoms with Crippen molar-refractivity contribution in [3.63, 3.8) is 0 Å². The molecule has 0 saturated carbocycles. The summed E-state index contributed by atoms with van der Waals surface area (Å²) in [6.07, 6.45) is 2.99. The van der Waals surface area contributed by atoms with Crippen LogP contribution < -0.4 is 5.32 Å². The van der Waals surface area contributed by atoms with Gasteiger partial charge in [-0.25, -0.2) is 0 Å². The van der Waals surface area contributed by atoms with Crippen LogP contribution in [0.3, 0.4) is 0 Å². The predicted octanol–water partition coefficient (Wildman–Crippen LogP) is 3.38. The van der Waals surface area contributed by atoms with Crippen LogP contribution in [0.15, 0.2) is 24.3 Å². The van der Waals surface area contributed by atoms with Crippen LogP contribution in [0.1, 0.15) is 26.3 Å². The molecule has 0 atom stereocenters. The summed E-state index contributed by atoms with van der Waals surface area (Å²) in [5.41, 5.74) is 0.658. The van der Waals surface area contributed by atoms with E-state index < -0.39 is 0 Å². The molecule has 22 heavy (non-hydrogen) atoms. The Bertz CT molecular complexity index is 571. The zero-order valence-corrected chi connectivity index (χ0v) is 14.4. The first-order valence-corrected chi connectivity index (χ1v) is 7.80. The molecule has 0 unspecified atom stereocenters. The number of carbonyl (C=O) groups is 2. The summed E-state index contributed by atoms with van der Waals surface area (Å²) in [6, 6.07) is 5.07. The van der Waals surface area contributed by atoms with E-state index in [2.05, 4.69) is 5.32 Å². The number of hydrogen-bond acceptors (Lipinski definition) is 2. The molecule has 0 aliphatic carbocycles. The molecule has 1 aromatic rings. The topological polar surface area (TPSA) is 49.4 Å². The fourth-order valence-electron chi connectivity index (χ4n) is 1.80. The van der Waals surface area contributed by atoms with Gasteiger partial charge in [0.2, 0.25) is 11.8 Å². The summed E-state index contributed by atoms with van der Waals surface area (Å²) in [4.78, 5) is 25.3. The SMILES string of the molecule is CCN(CC(=O)NC(C)C)C(=O)/C=C/c1cc(Cl)ccc1Cl. The molecule has 1 aromatic carbocycles. The summed E-state index contributed by atoms with van der Waals surface area (Å²) >= 11 is 11.9. The molecule has 0 saturated heterocycles. The van der Waals surface area contributed by atoms with Crippen LogP contribution in [0.25, 0.3) is 6.08 Å². The summed E-state index contributed by atoms with van der Waals surface area (Å²) in [7, 11) is 0. The largest absolute Gasteiger partial charge is 0.352 e. The van der Waals surface area contributed by atoms with Gasteiger partial charge in [0.05, 0.1) is 6.54 Å². The molecule has 0 radical (unpaired) electrons. The summed E-state index contributed by atoms with van der Waals surface area (Å²) in [5.74, 6) is -0.433. The minimum Gasteiger partial charge on any atom is -0.352 e. The fourth-order valence-corrected chi connectivity index (χ4v) is 2.16. The Morgan fingerprint density at radius 2 is 2.00 bits per heavy atom. The minimum absolute atomic E-state index is 0.0289. The number of amides is 2. The van der Waals surface area contributed by atoms with Crippen molar-refractivity contribution in [3.8, 4) is 0 Å². The predicted molar refractivity (Wildman–Crippen MR) is 91.0 cm³/mol. The van der Waals surface area contributed by atoms with Crippen molar-refractivity contribution in [2.75, 3.05) is 13.1 Å². The Balaban J connectivity index is 2.74. The van der Waals surface area contributed by atoms with Crippen LogP contribution >= 0.6 is 23.2 Å². The van der Waals surface area contributed by atoms with Gasteiger partial charge >= 0.3 is 0 Å². The van der Waals surface area contributed by atoms with Crippen molar-refractivity contribution in [1.29, 1.82) is 0 Å². The highest BCUT2D eigenvalue weighted by Gasteiger charge is 2.13. The molecule has 2 amide bonds. The van der Waals surface area contributed by atoms with Gasteiger partial charge in [0.1, 0.15) is 0 Å². The highest BCUT2D eigenvalue weighted by molar-refractivity contribution is 6.34.